The van der Waals surface area contributed by atoms with Crippen LogP contribution in [0.3, 0.4) is 0 Å². The van der Waals surface area contributed by atoms with E-state index in [1.165, 1.54) is 6.07 Å². The molecule has 33 heavy (non-hydrogen) atoms. The molecule has 3 aliphatic heterocycles. The van der Waals surface area contributed by atoms with E-state index in [2.05, 4.69) is 26.1 Å². The average molecular weight is 468 g/mol. The Bertz CT molecular complexity index is 1120. The molecular formula is C25H27ClFN5O. The van der Waals surface area contributed by atoms with Crippen LogP contribution in [0.15, 0.2) is 59.1 Å². The zero-order chi connectivity index (χ0) is 22.8. The van der Waals surface area contributed by atoms with Crippen LogP contribution in [0.5, 0.6) is 0 Å². The Hall–Kier alpha value is -2.74. The van der Waals surface area contributed by atoms with Crippen molar-refractivity contribution in [3.05, 3.63) is 76.6 Å². The highest BCUT2D eigenvalue weighted by Gasteiger charge is 2.28. The first-order chi connectivity index (χ1) is 16.1. The number of aliphatic imine (C=N–C) groups is 1. The maximum absolute atomic E-state index is 14.0. The Balaban J connectivity index is 1.25. The summed E-state index contributed by atoms with van der Waals surface area (Å²) in [6.07, 6.45) is 4.61. The van der Waals surface area contributed by atoms with Gasteiger partial charge >= 0.3 is 0 Å². The minimum absolute atomic E-state index is 0.0365. The number of hydrogen-bond acceptors (Lipinski definition) is 5. The second kappa shape index (κ2) is 9.63. The number of allylic oxidation sites excluding steroid dienone is 1. The van der Waals surface area contributed by atoms with Crippen LogP contribution in [0.2, 0.25) is 0 Å². The molecule has 3 aliphatic rings. The van der Waals surface area contributed by atoms with E-state index < -0.39 is 0 Å². The van der Waals surface area contributed by atoms with Crippen LogP contribution < -0.4 is 16.2 Å². The van der Waals surface area contributed by atoms with Crippen molar-refractivity contribution >= 4 is 28.4 Å². The van der Waals surface area contributed by atoms with E-state index in [0.717, 1.165) is 42.6 Å². The van der Waals surface area contributed by atoms with Crippen molar-refractivity contribution in [1.29, 1.82) is 0 Å². The number of hydrogen-bond donors (Lipinski definition) is 3. The van der Waals surface area contributed by atoms with Crippen molar-refractivity contribution in [3.8, 4) is 0 Å². The SMILES string of the molecule is O=C(N[C@@H]1CCCN(Cc2ccccc2F)C1)c1ccc2c(c1)C(C1=CC(Cl)=NCC1)NN2. The molecule has 2 aromatic carbocycles. The fraction of sp³-hybridized carbons (Fsp3) is 0.360. The highest BCUT2D eigenvalue weighted by Crippen LogP contribution is 2.36. The summed E-state index contributed by atoms with van der Waals surface area (Å²) in [5.41, 5.74) is 11.0. The fourth-order valence-corrected chi connectivity index (χ4v) is 5.04. The topological polar surface area (TPSA) is 68.8 Å². The second-order valence-corrected chi connectivity index (χ2v) is 9.20. The number of rotatable bonds is 5. The van der Waals surface area contributed by atoms with Crippen molar-refractivity contribution in [2.45, 2.75) is 37.9 Å². The van der Waals surface area contributed by atoms with E-state index in [0.29, 0.717) is 35.9 Å². The monoisotopic (exact) mass is 467 g/mol. The van der Waals surface area contributed by atoms with Gasteiger partial charge < -0.3 is 10.7 Å². The van der Waals surface area contributed by atoms with Crippen LogP contribution in [-0.4, -0.2) is 41.7 Å². The fourth-order valence-electron chi connectivity index (χ4n) is 4.82. The lowest BCUT2D eigenvalue weighted by molar-refractivity contribution is 0.0900. The average Bonchev–Trinajstić information content (AvgIpc) is 3.24. The van der Waals surface area contributed by atoms with Gasteiger partial charge in [0.15, 0.2) is 0 Å². The van der Waals surface area contributed by atoms with Gasteiger partial charge in [-0.05, 0) is 61.7 Å². The third-order valence-electron chi connectivity index (χ3n) is 6.51. The smallest absolute Gasteiger partial charge is 0.251 e. The molecule has 0 spiro atoms. The second-order valence-electron chi connectivity index (χ2n) is 8.82. The summed E-state index contributed by atoms with van der Waals surface area (Å²) in [5.74, 6) is -0.266. The largest absolute Gasteiger partial charge is 0.348 e. The maximum Gasteiger partial charge on any atom is 0.251 e. The van der Waals surface area contributed by atoms with Crippen LogP contribution in [0.4, 0.5) is 10.1 Å². The van der Waals surface area contributed by atoms with E-state index in [1.54, 1.807) is 6.07 Å². The van der Waals surface area contributed by atoms with Crippen LogP contribution in [0, 0.1) is 5.82 Å². The molecule has 3 heterocycles. The number of piperidine rings is 1. The first-order valence-corrected chi connectivity index (χ1v) is 11.8. The Morgan fingerprint density at radius 1 is 1.27 bits per heavy atom. The zero-order valence-corrected chi connectivity index (χ0v) is 19.0. The van der Waals surface area contributed by atoms with Gasteiger partial charge in [-0.3, -0.25) is 14.7 Å². The van der Waals surface area contributed by atoms with Gasteiger partial charge in [-0.1, -0.05) is 29.8 Å². The molecule has 2 aromatic rings. The van der Waals surface area contributed by atoms with E-state index >= 15 is 0 Å². The first kappa shape index (κ1) is 22.1. The van der Waals surface area contributed by atoms with Gasteiger partial charge in [0.2, 0.25) is 0 Å². The van der Waals surface area contributed by atoms with Gasteiger partial charge in [0.1, 0.15) is 11.0 Å². The number of carbonyl (C=O) groups is 1. The van der Waals surface area contributed by atoms with Gasteiger partial charge in [0, 0.05) is 42.4 Å². The molecule has 2 atom stereocenters. The van der Waals surface area contributed by atoms with Gasteiger partial charge in [-0.2, -0.15) is 0 Å². The van der Waals surface area contributed by atoms with Gasteiger partial charge in [0.25, 0.3) is 5.91 Å². The lowest BCUT2D eigenvalue weighted by atomic mass is 9.94. The molecule has 1 saturated heterocycles. The molecule has 0 aliphatic carbocycles. The summed E-state index contributed by atoms with van der Waals surface area (Å²) in [5, 5.41) is 3.70. The van der Waals surface area contributed by atoms with E-state index in [9.17, 15) is 9.18 Å². The van der Waals surface area contributed by atoms with Crippen molar-refractivity contribution in [2.24, 2.45) is 4.99 Å². The summed E-state index contributed by atoms with van der Waals surface area (Å²) in [4.78, 5) is 19.5. The number of nitrogens with zero attached hydrogens (tertiary/aromatic N) is 2. The summed E-state index contributed by atoms with van der Waals surface area (Å²) in [6, 6.07) is 12.6. The minimum Gasteiger partial charge on any atom is -0.348 e. The minimum atomic E-state index is -0.181. The maximum atomic E-state index is 14.0. The number of hydrazine groups is 1. The van der Waals surface area contributed by atoms with Crippen molar-refractivity contribution < 1.29 is 9.18 Å². The summed E-state index contributed by atoms with van der Waals surface area (Å²) >= 11 is 6.12. The van der Waals surface area contributed by atoms with E-state index in [-0.39, 0.29) is 23.8 Å². The molecule has 5 rings (SSSR count). The molecule has 1 amide bonds. The number of amides is 1. The Kier molecular flexibility index (Phi) is 6.44. The number of carbonyl (C=O) groups excluding carboxylic acids is 1. The Labute approximate surface area is 197 Å². The van der Waals surface area contributed by atoms with Crippen molar-refractivity contribution in [3.63, 3.8) is 0 Å². The molecule has 0 bridgehead atoms. The van der Waals surface area contributed by atoms with Crippen LogP contribution in [0.1, 0.15) is 46.8 Å². The predicted molar refractivity (Wildman–Crippen MR) is 129 cm³/mol. The zero-order valence-electron chi connectivity index (χ0n) is 18.3. The number of anilines is 1. The first-order valence-electron chi connectivity index (χ1n) is 11.4. The third-order valence-corrected chi connectivity index (χ3v) is 6.74. The Morgan fingerprint density at radius 2 is 2.15 bits per heavy atom. The lowest BCUT2D eigenvalue weighted by Gasteiger charge is -2.33. The number of halogens is 2. The van der Waals surface area contributed by atoms with Crippen LogP contribution in [0.25, 0.3) is 0 Å². The lowest BCUT2D eigenvalue weighted by Crippen LogP contribution is -2.47. The number of nitrogens with one attached hydrogen (secondary N) is 3. The van der Waals surface area contributed by atoms with Crippen LogP contribution in [-0.2, 0) is 6.54 Å². The standard InChI is InChI=1S/C25H27ClFN5O/c26-23-13-16(9-10-28-23)24-20-12-17(7-8-22(20)30-31-24)25(33)29-19-5-3-11-32(15-19)14-18-4-1-2-6-21(18)27/h1-2,4,6-8,12-13,19,24,30-31H,3,5,9-11,14-15H2,(H,29,33)/t19-,24?/m1/s1. The van der Waals surface area contributed by atoms with Crippen LogP contribution >= 0.6 is 11.6 Å². The molecule has 0 aromatic heterocycles. The van der Waals surface area contributed by atoms with Gasteiger partial charge in [-0.15, -0.1) is 0 Å². The third kappa shape index (κ3) is 4.95. The molecule has 8 heteroatoms. The van der Waals surface area contributed by atoms with E-state index in [1.807, 2.05) is 36.4 Å². The normalized spacial score (nSPS) is 22.7. The molecule has 0 saturated carbocycles. The van der Waals surface area contributed by atoms with Gasteiger partial charge in [-0.25, -0.2) is 9.82 Å². The summed E-state index contributed by atoms with van der Waals surface area (Å²) in [6.45, 7) is 2.84. The van der Waals surface area contributed by atoms with Crippen molar-refractivity contribution in [1.82, 2.24) is 15.6 Å². The number of benzene rings is 2. The van der Waals surface area contributed by atoms with E-state index in [4.69, 9.17) is 11.6 Å². The Morgan fingerprint density at radius 3 is 3.00 bits per heavy atom. The molecule has 0 radical (unpaired) electrons. The highest BCUT2D eigenvalue weighted by molar-refractivity contribution is 6.68. The summed E-state index contributed by atoms with van der Waals surface area (Å²) in [7, 11) is 0. The number of dihydropyridines is 1. The highest BCUT2D eigenvalue weighted by atomic mass is 35.5. The number of likely N-dealkylation sites (tertiary alicyclic amines) is 1. The molecule has 6 nitrogen and oxygen atoms in total. The molecule has 1 unspecified atom stereocenters. The molecular weight excluding hydrogens is 441 g/mol. The molecule has 172 valence electrons. The summed E-state index contributed by atoms with van der Waals surface area (Å²) < 4.78 is 14.0. The predicted octanol–water partition coefficient (Wildman–Crippen LogP) is 4.16. The van der Waals surface area contributed by atoms with Crippen molar-refractivity contribution in [2.75, 3.05) is 25.1 Å². The van der Waals surface area contributed by atoms with Gasteiger partial charge in [0.05, 0.1) is 11.7 Å². The molecule has 3 N–H and O–H groups in total. The number of fused-ring (bicyclic) bond motifs is 1. The quantitative estimate of drug-likeness (QED) is 0.617. The molecule has 1 fully saturated rings.